The Bertz CT molecular complexity index is 757. The van der Waals surface area contributed by atoms with Gasteiger partial charge < -0.3 is 0 Å². The second kappa shape index (κ2) is 5.68. The number of ketones is 1. The molecule has 2 rings (SSSR count). The fraction of sp³-hybridized carbons (Fsp3) is 0.0667. The van der Waals surface area contributed by atoms with Gasteiger partial charge in [-0.1, -0.05) is 30.3 Å². The number of Topliss-reactive ketones (excluding diaryl/α,β-unsaturated/α-hetero) is 1. The zero-order chi connectivity index (χ0) is 14.6. The van der Waals surface area contributed by atoms with E-state index < -0.39 is 21.4 Å². The van der Waals surface area contributed by atoms with Gasteiger partial charge in [0, 0.05) is 5.56 Å². The number of sulfone groups is 1. The summed E-state index contributed by atoms with van der Waals surface area (Å²) in [6.07, 6.45) is 0. The van der Waals surface area contributed by atoms with Crippen molar-refractivity contribution < 1.29 is 13.2 Å². The van der Waals surface area contributed by atoms with E-state index in [2.05, 4.69) is 0 Å². The normalized spacial score (nSPS) is 10.8. The minimum absolute atomic E-state index is 0.0424. The quantitative estimate of drug-likeness (QED) is 0.807. The van der Waals surface area contributed by atoms with Crippen molar-refractivity contribution in [2.75, 3.05) is 5.75 Å². The zero-order valence-electron chi connectivity index (χ0n) is 10.5. The van der Waals surface area contributed by atoms with Gasteiger partial charge in [0.05, 0.1) is 16.5 Å². The third-order valence-electron chi connectivity index (χ3n) is 2.76. The van der Waals surface area contributed by atoms with Crippen molar-refractivity contribution in [3.05, 3.63) is 65.7 Å². The summed E-state index contributed by atoms with van der Waals surface area (Å²) in [7, 11) is -3.69. The molecule has 0 heterocycles. The average Bonchev–Trinajstić information content (AvgIpc) is 2.48. The molecule has 0 fully saturated rings. The lowest BCUT2D eigenvalue weighted by molar-refractivity contribution is 0.102. The highest BCUT2D eigenvalue weighted by atomic mass is 32.2. The lowest BCUT2D eigenvalue weighted by Gasteiger charge is -2.04. The molecule has 0 atom stereocenters. The smallest absolute Gasteiger partial charge is 0.185 e. The van der Waals surface area contributed by atoms with E-state index in [1.54, 1.807) is 30.3 Å². The van der Waals surface area contributed by atoms with Crippen molar-refractivity contribution in [1.29, 1.82) is 5.26 Å². The Morgan fingerprint density at radius 1 is 1.00 bits per heavy atom. The van der Waals surface area contributed by atoms with Crippen LogP contribution in [0.15, 0.2) is 59.5 Å². The van der Waals surface area contributed by atoms with E-state index in [9.17, 15) is 13.2 Å². The number of benzene rings is 2. The van der Waals surface area contributed by atoms with E-state index in [0.29, 0.717) is 11.1 Å². The zero-order valence-corrected chi connectivity index (χ0v) is 11.3. The molecule has 0 aromatic heterocycles. The number of nitrogens with zero attached hydrogens (tertiary/aromatic N) is 1. The molecule has 100 valence electrons. The van der Waals surface area contributed by atoms with Crippen molar-refractivity contribution in [1.82, 2.24) is 0 Å². The van der Waals surface area contributed by atoms with E-state index in [1.165, 1.54) is 24.3 Å². The van der Waals surface area contributed by atoms with Crippen LogP contribution in [0.5, 0.6) is 0 Å². The molecule has 0 aliphatic rings. The Morgan fingerprint density at radius 3 is 2.15 bits per heavy atom. The molecule has 0 radical (unpaired) electrons. The molecule has 0 aliphatic heterocycles. The van der Waals surface area contributed by atoms with E-state index in [0.717, 1.165) is 0 Å². The van der Waals surface area contributed by atoms with Gasteiger partial charge in [-0.15, -0.1) is 0 Å². The first-order valence-electron chi connectivity index (χ1n) is 5.84. The second-order valence-corrected chi connectivity index (χ2v) is 6.17. The van der Waals surface area contributed by atoms with Gasteiger partial charge in [-0.3, -0.25) is 4.79 Å². The van der Waals surface area contributed by atoms with Crippen LogP contribution in [0.1, 0.15) is 15.9 Å². The van der Waals surface area contributed by atoms with E-state index in [4.69, 9.17) is 5.26 Å². The SMILES string of the molecule is N#Cc1ccc(S(=O)(=O)CC(=O)c2ccccc2)cc1. The topological polar surface area (TPSA) is 75.0 Å². The van der Waals surface area contributed by atoms with Crippen LogP contribution >= 0.6 is 0 Å². The molecule has 20 heavy (non-hydrogen) atoms. The summed E-state index contributed by atoms with van der Waals surface area (Å²) in [5, 5.41) is 8.67. The summed E-state index contributed by atoms with van der Waals surface area (Å²) in [5.74, 6) is -1.03. The average molecular weight is 285 g/mol. The summed E-state index contributed by atoms with van der Waals surface area (Å²) in [6.45, 7) is 0. The molecular formula is C15H11NO3S. The monoisotopic (exact) mass is 285 g/mol. The van der Waals surface area contributed by atoms with Gasteiger partial charge in [-0.25, -0.2) is 8.42 Å². The van der Waals surface area contributed by atoms with Crippen molar-refractivity contribution in [2.24, 2.45) is 0 Å². The van der Waals surface area contributed by atoms with Crippen LogP contribution in [0.2, 0.25) is 0 Å². The molecule has 5 heteroatoms. The Morgan fingerprint density at radius 2 is 1.60 bits per heavy atom. The molecule has 0 amide bonds. The standard InChI is InChI=1S/C15H11NO3S/c16-10-12-6-8-14(9-7-12)20(18,19)11-15(17)13-4-2-1-3-5-13/h1-9H,11H2. The summed E-state index contributed by atoms with van der Waals surface area (Å²) < 4.78 is 24.2. The highest BCUT2D eigenvalue weighted by molar-refractivity contribution is 7.92. The number of hydrogen-bond acceptors (Lipinski definition) is 4. The maximum absolute atomic E-state index is 12.1. The van der Waals surface area contributed by atoms with Gasteiger partial charge in [0.25, 0.3) is 0 Å². The van der Waals surface area contributed by atoms with Crippen LogP contribution < -0.4 is 0 Å². The number of carbonyl (C=O) groups excluding carboxylic acids is 1. The number of nitriles is 1. The van der Waals surface area contributed by atoms with E-state index in [-0.39, 0.29) is 4.90 Å². The van der Waals surface area contributed by atoms with Crippen LogP contribution in [0.4, 0.5) is 0 Å². The molecule has 0 saturated heterocycles. The predicted molar refractivity (Wildman–Crippen MR) is 74.0 cm³/mol. The maximum Gasteiger partial charge on any atom is 0.185 e. The highest BCUT2D eigenvalue weighted by Crippen LogP contribution is 2.14. The summed E-state index contributed by atoms with van der Waals surface area (Å²) >= 11 is 0. The van der Waals surface area contributed by atoms with Crippen LogP contribution in [0.25, 0.3) is 0 Å². The van der Waals surface area contributed by atoms with Crippen molar-refractivity contribution in [3.8, 4) is 6.07 Å². The number of hydrogen-bond donors (Lipinski definition) is 0. The molecule has 2 aromatic carbocycles. The Balaban J connectivity index is 2.23. The lowest BCUT2D eigenvalue weighted by atomic mass is 10.2. The van der Waals surface area contributed by atoms with Crippen LogP contribution in [0.3, 0.4) is 0 Å². The molecule has 0 saturated carbocycles. The molecule has 0 N–H and O–H groups in total. The molecule has 4 nitrogen and oxygen atoms in total. The van der Waals surface area contributed by atoms with Gasteiger partial charge in [0.2, 0.25) is 0 Å². The molecule has 2 aromatic rings. The fourth-order valence-corrected chi connectivity index (χ4v) is 2.93. The highest BCUT2D eigenvalue weighted by Gasteiger charge is 2.20. The number of rotatable bonds is 4. The fourth-order valence-electron chi connectivity index (χ4n) is 1.70. The first-order chi connectivity index (χ1) is 9.53. The van der Waals surface area contributed by atoms with Gasteiger partial charge in [0.15, 0.2) is 15.6 Å². The first-order valence-corrected chi connectivity index (χ1v) is 7.49. The van der Waals surface area contributed by atoms with Crippen molar-refractivity contribution >= 4 is 15.6 Å². The first kappa shape index (κ1) is 14.0. The van der Waals surface area contributed by atoms with Crippen LogP contribution in [0, 0.1) is 11.3 Å². The van der Waals surface area contributed by atoms with Crippen LogP contribution in [-0.4, -0.2) is 20.0 Å². The van der Waals surface area contributed by atoms with Gasteiger partial charge in [-0.05, 0) is 24.3 Å². The molecular weight excluding hydrogens is 274 g/mol. The minimum atomic E-state index is -3.69. The predicted octanol–water partition coefficient (Wildman–Crippen LogP) is 2.21. The summed E-state index contributed by atoms with van der Waals surface area (Å²) in [4.78, 5) is 12.0. The Labute approximate surface area is 117 Å². The minimum Gasteiger partial charge on any atom is -0.293 e. The number of carbonyl (C=O) groups is 1. The van der Waals surface area contributed by atoms with E-state index >= 15 is 0 Å². The second-order valence-electron chi connectivity index (χ2n) is 4.18. The molecule has 0 unspecified atom stereocenters. The summed E-state index contributed by atoms with van der Waals surface area (Å²) in [5.41, 5.74) is 0.739. The lowest BCUT2D eigenvalue weighted by Crippen LogP contribution is -2.16. The van der Waals surface area contributed by atoms with Gasteiger partial charge in [-0.2, -0.15) is 5.26 Å². The largest absolute Gasteiger partial charge is 0.293 e. The van der Waals surface area contributed by atoms with Gasteiger partial charge in [0.1, 0.15) is 5.75 Å². The maximum atomic E-state index is 12.1. The van der Waals surface area contributed by atoms with Gasteiger partial charge >= 0.3 is 0 Å². The third-order valence-corrected chi connectivity index (χ3v) is 4.39. The van der Waals surface area contributed by atoms with Crippen LogP contribution in [-0.2, 0) is 9.84 Å². The molecule has 0 bridgehead atoms. The molecule has 0 aliphatic carbocycles. The van der Waals surface area contributed by atoms with Crippen molar-refractivity contribution in [2.45, 2.75) is 4.90 Å². The Hall–Kier alpha value is -2.45. The van der Waals surface area contributed by atoms with Crippen molar-refractivity contribution in [3.63, 3.8) is 0 Å². The molecule has 0 spiro atoms. The third kappa shape index (κ3) is 3.11. The van der Waals surface area contributed by atoms with E-state index in [1.807, 2.05) is 6.07 Å². The summed E-state index contributed by atoms with van der Waals surface area (Å²) in [6, 6.07) is 15.7. The Kier molecular flexibility index (Phi) is 3.97.